The monoisotopic (exact) mass is 1200 g/mol. The van der Waals surface area contributed by atoms with Crippen LogP contribution in [0.2, 0.25) is 0 Å². The second-order valence-corrected chi connectivity index (χ2v) is 26.9. The summed E-state index contributed by atoms with van der Waals surface area (Å²) in [6.45, 7) is 4.68. The van der Waals surface area contributed by atoms with E-state index in [0.29, 0.717) is 0 Å². The molecule has 0 spiro atoms. The SMILES string of the molecule is CC1(C)c2ccccc2-c2cc(-c3ccc(-c4ccc5c6c(cc7ccccc7c46)-c4ccc6ccccc6c4-5)cc3)ccc21.c1ccc(-c2ccc3cc(-c4ccc5cc(-c6ccc7c8c(cccc68)-c6c-7c7ccccc7c7ccccc67)ccc5c4)ccc3c2)cc1. The third-order valence-electron chi connectivity index (χ3n) is 21.6. The number of hydrogen-bond acceptors (Lipinski definition) is 0. The second kappa shape index (κ2) is 20.5. The Kier molecular flexibility index (Phi) is 11.6. The summed E-state index contributed by atoms with van der Waals surface area (Å²) < 4.78 is 0. The molecule has 0 heterocycles. The molecule has 95 heavy (non-hydrogen) atoms. The van der Waals surface area contributed by atoms with Crippen molar-refractivity contribution in [2.45, 2.75) is 19.3 Å². The number of hydrogen-bond donors (Lipinski definition) is 0. The van der Waals surface area contributed by atoms with E-state index in [4.69, 9.17) is 0 Å². The molecular formula is C95H60. The van der Waals surface area contributed by atoms with Crippen molar-refractivity contribution in [3.63, 3.8) is 0 Å². The summed E-state index contributed by atoms with van der Waals surface area (Å²) >= 11 is 0. The van der Waals surface area contributed by atoms with Crippen LogP contribution in [0.1, 0.15) is 25.0 Å². The molecule has 0 atom stereocenters. The fraction of sp³-hybridized carbons (Fsp3) is 0.0316. The lowest BCUT2D eigenvalue weighted by molar-refractivity contribution is 0.660. The summed E-state index contributed by atoms with van der Waals surface area (Å²) in [6.07, 6.45) is 0. The number of rotatable bonds is 5. The van der Waals surface area contributed by atoms with E-state index in [9.17, 15) is 0 Å². The Balaban J connectivity index is 0.000000131. The van der Waals surface area contributed by atoms with Gasteiger partial charge in [0, 0.05) is 5.41 Å². The van der Waals surface area contributed by atoms with Crippen LogP contribution < -0.4 is 0 Å². The van der Waals surface area contributed by atoms with E-state index in [1.54, 1.807) is 0 Å². The van der Waals surface area contributed by atoms with Gasteiger partial charge in [-0.05, 0) is 245 Å². The predicted molar refractivity (Wildman–Crippen MR) is 407 cm³/mol. The van der Waals surface area contributed by atoms with E-state index < -0.39 is 0 Å². The standard InChI is InChI=1S/C50H30.C45H30/c1-2-9-31(10-3-1)32-17-18-34-28-35(20-19-33(34)27-32)36-21-22-38-30-39(24-23-37(38)29-36)40-25-26-47-48-43(40)15-8-16-46(48)49-44-13-6-4-11-41(44)42-12-5-7-14-45(42)50(47)49;1-45(2)40-14-8-7-13-35(40)38-25-30(20-24-41(38)45)27-15-17-29(18-16-27)34-22-23-37-42-32-11-5-3-9-28(32)19-21-36(42)39-26-31-10-4-6-12-33(31)43(34)44(37)39/h1-30H;3-26H,1-2H3. The Hall–Kier alpha value is -12.0. The summed E-state index contributed by atoms with van der Waals surface area (Å²) in [6, 6.07) is 122. The second-order valence-electron chi connectivity index (χ2n) is 26.9. The highest BCUT2D eigenvalue weighted by atomic mass is 14.4. The first kappa shape index (κ1) is 53.7. The van der Waals surface area contributed by atoms with Gasteiger partial charge in [-0.1, -0.05) is 305 Å². The molecule has 0 unspecified atom stereocenters. The summed E-state index contributed by atoms with van der Waals surface area (Å²) in [4.78, 5) is 0. The van der Waals surface area contributed by atoms with Crippen molar-refractivity contribution in [3.8, 4) is 111 Å². The van der Waals surface area contributed by atoms with Crippen LogP contribution in [0, 0.1) is 0 Å². The van der Waals surface area contributed by atoms with Gasteiger partial charge in [0.2, 0.25) is 0 Å². The minimum absolute atomic E-state index is 0.0266. The topological polar surface area (TPSA) is 0 Å². The van der Waals surface area contributed by atoms with Gasteiger partial charge in [0.05, 0.1) is 0 Å². The van der Waals surface area contributed by atoms with Crippen LogP contribution in [0.25, 0.3) is 197 Å². The molecule has 0 fully saturated rings. The van der Waals surface area contributed by atoms with Crippen molar-refractivity contribution in [3.05, 3.63) is 339 Å². The fourth-order valence-electron chi connectivity index (χ4n) is 17.0. The zero-order valence-electron chi connectivity index (χ0n) is 52.7. The Morgan fingerprint density at radius 3 is 1.29 bits per heavy atom. The molecule has 0 aliphatic heterocycles. The minimum atomic E-state index is 0.0266. The van der Waals surface area contributed by atoms with Crippen LogP contribution in [0.15, 0.2) is 328 Å². The summed E-state index contributed by atoms with van der Waals surface area (Å²) in [7, 11) is 0. The molecule has 440 valence electrons. The third-order valence-corrected chi connectivity index (χ3v) is 21.6. The van der Waals surface area contributed by atoms with E-state index >= 15 is 0 Å². The molecule has 0 aromatic heterocycles. The highest BCUT2D eigenvalue weighted by molar-refractivity contribution is 6.32. The van der Waals surface area contributed by atoms with E-state index in [2.05, 4.69) is 341 Å². The maximum atomic E-state index is 2.40. The Bertz CT molecular complexity index is 6270. The maximum absolute atomic E-state index is 2.40. The maximum Gasteiger partial charge on any atom is 0.0158 e. The van der Waals surface area contributed by atoms with Crippen molar-refractivity contribution in [2.75, 3.05) is 0 Å². The molecule has 0 bridgehead atoms. The molecule has 0 amide bonds. The average molecular weight is 1200 g/mol. The van der Waals surface area contributed by atoms with Gasteiger partial charge in [0.25, 0.3) is 0 Å². The summed E-state index contributed by atoms with van der Waals surface area (Å²) in [5.41, 5.74) is 29.0. The zero-order chi connectivity index (χ0) is 62.6. The van der Waals surface area contributed by atoms with Gasteiger partial charge in [-0.3, -0.25) is 0 Å². The van der Waals surface area contributed by atoms with Gasteiger partial charge >= 0.3 is 0 Å². The van der Waals surface area contributed by atoms with Crippen molar-refractivity contribution >= 4 is 86.2 Å². The minimum Gasteiger partial charge on any atom is -0.0622 e. The lowest BCUT2D eigenvalue weighted by atomic mass is 9.82. The van der Waals surface area contributed by atoms with Crippen molar-refractivity contribution in [1.82, 2.24) is 0 Å². The third kappa shape index (κ3) is 8.08. The van der Waals surface area contributed by atoms with Gasteiger partial charge in [0.1, 0.15) is 0 Å². The highest BCUT2D eigenvalue weighted by Gasteiger charge is 2.35. The normalized spacial score (nSPS) is 12.8. The van der Waals surface area contributed by atoms with Gasteiger partial charge in [0.15, 0.2) is 0 Å². The fourth-order valence-corrected chi connectivity index (χ4v) is 17.0. The van der Waals surface area contributed by atoms with Gasteiger partial charge < -0.3 is 0 Å². The van der Waals surface area contributed by atoms with E-state index in [-0.39, 0.29) is 5.41 Å². The smallest absolute Gasteiger partial charge is 0.0158 e. The molecule has 0 saturated heterocycles. The number of fused-ring (bicyclic) bond motifs is 20. The van der Waals surface area contributed by atoms with Gasteiger partial charge in [-0.25, -0.2) is 0 Å². The molecular weight excluding hydrogens is 1140 g/mol. The molecule has 0 heteroatoms. The van der Waals surface area contributed by atoms with Crippen molar-refractivity contribution in [1.29, 1.82) is 0 Å². The van der Waals surface area contributed by atoms with Gasteiger partial charge in [-0.15, -0.1) is 0 Å². The lowest BCUT2D eigenvalue weighted by Crippen LogP contribution is -2.14. The number of benzene rings is 18. The Morgan fingerprint density at radius 2 is 0.600 bits per heavy atom. The van der Waals surface area contributed by atoms with Crippen LogP contribution in [0.5, 0.6) is 0 Å². The molecule has 0 nitrogen and oxygen atoms in total. The first-order chi connectivity index (χ1) is 46.9. The van der Waals surface area contributed by atoms with Crippen LogP contribution >= 0.6 is 0 Å². The molecule has 0 N–H and O–H groups in total. The average Bonchev–Trinajstić information content (AvgIpc) is 1.57. The molecule has 18 aromatic carbocycles. The van der Waals surface area contributed by atoms with Crippen LogP contribution in [0.3, 0.4) is 0 Å². The zero-order valence-corrected chi connectivity index (χ0v) is 52.7. The Morgan fingerprint density at radius 1 is 0.168 bits per heavy atom. The van der Waals surface area contributed by atoms with E-state index in [0.717, 1.165) is 0 Å². The van der Waals surface area contributed by atoms with Crippen molar-refractivity contribution < 1.29 is 0 Å². The van der Waals surface area contributed by atoms with E-state index in [1.807, 2.05) is 0 Å². The van der Waals surface area contributed by atoms with E-state index in [1.165, 1.54) is 209 Å². The largest absolute Gasteiger partial charge is 0.0622 e. The quantitative estimate of drug-likeness (QED) is 0.151. The Labute approximate surface area is 551 Å². The molecule has 21 rings (SSSR count). The molecule has 0 saturated carbocycles. The summed E-state index contributed by atoms with van der Waals surface area (Å²) in [5, 5.41) is 21.0. The molecule has 18 aromatic rings. The van der Waals surface area contributed by atoms with Crippen LogP contribution in [0.4, 0.5) is 0 Å². The van der Waals surface area contributed by atoms with Crippen LogP contribution in [-0.2, 0) is 5.41 Å². The first-order valence-electron chi connectivity index (χ1n) is 33.4. The summed E-state index contributed by atoms with van der Waals surface area (Å²) in [5.74, 6) is 0. The first-order valence-corrected chi connectivity index (χ1v) is 33.4. The molecule has 3 aliphatic rings. The highest BCUT2D eigenvalue weighted by Crippen LogP contribution is 2.57. The molecule has 3 aliphatic carbocycles. The molecule has 0 radical (unpaired) electrons. The van der Waals surface area contributed by atoms with Gasteiger partial charge in [-0.2, -0.15) is 0 Å². The van der Waals surface area contributed by atoms with Crippen molar-refractivity contribution in [2.24, 2.45) is 0 Å². The lowest BCUT2D eigenvalue weighted by Gasteiger charge is -2.21. The predicted octanol–water partition coefficient (Wildman–Crippen LogP) is 26.5. The van der Waals surface area contributed by atoms with Crippen LogP contribution in [-0.4, -0.2) is 0 Å².